The van der Waals surface area contributed by atoms with Crippen molar-refractivity contribution in [2.24, 2.45) is 11.7 Å². The average Bonchev–Trinajstić information content (AvgIpc) is 2.49. The first-order chi connectivity index (χ1) is 5.79. The van der Waals surface area contributed by atoms with Gasteiger partial charge in [0.1, 0.15) is 0 Å². The monoisotopic (exact) mass is 170 g/mol. The van der Waals surface area contributed by atoms with Gasteiger partial charge < -0.3 is 10.5 Å². The van der Waals surface area contributed by atoms with E-state index in [4.69, 9.17) is 15.9 Å². The third-order valence-corrected chi connectivity index (χ3v) is 2.34. The van der Waals surface area contributed by atoms with Gasteiger partial charge in [-0.05, 0) is 18.8 Å². The van der Waals surface area contributed by atoms with Crippen LogP contribution in [-0.2, 0) is 4.74 Å². The molecule has 3 heteroatoms. The molecule has 0 aromatic rings. The van der Waals surface area contributed by atoms with E-state index < -0.39 is 0 Å². The van der Waals surface area contributed by atoms with Crippen molar-refractivity contribution in [3.63, 3.8) is 0 Å². The third-order valence-electron chi connectivity index (χ3n) is 2.34. The maximum absolute atomic E-state index is 6.98. The van der Waals surface area contributed by atoms with Crippen LogP contribution in [0.25, 0.3) is 0 Å². The van der Waals surface area contributed by atoms with Gasteiger partial charge in [-0.2, -0.15) is 0 Å². The number of hydrogen-bond acceptors (Lipinski definition) is 2. The Balaban J connectivity index is 1.91. The minimum atomic E-state index is 0.224. The topological polar surface area (TPSA) is 59.1 Å². The molecule has 1 aliphatic rings. The van der Waals surface area contributed by atoms with Crippen molar-refractivity contribution < 1.29 is 4.74 Å². The van der Waals surface area contributed by atoms with E-state index in [2.05, 4.69) is 0 Å². The van der Waals surface area contributed by atoms with Gasteiger partial charge in [0.25, 0.3) is 0 Å². The Morgan fingerprint density at radius 2 is 2.08 bits per heavy atom. The van der Waals surface area contributed by atoms with Crippen LogP contribution in [0.5, 0.6) is 0 Å². The van der Waals surface area contributed by atoms with Gasteiger partial charge in [0.05, 0.1) is 12.4 Å². The molecule has 0 heterocycles. The van der Waals surface area contributed by atoms with Crippen molar-refractivity contribution in [2.75, 3.05) is 13.2 Å². The fraction of sp³-hybridized carbons (Fsp3) is 0.889. The summed E-state index contributed by atoms with van der Waals surface area (Å²) in [7, 11) is 0. The first-order valence-electron chi connectivity index (χ1n) is 4.69. The van der Waals surface area contributed by atoms with Crippen molar-refractivity contribution >= 4 is 5.84 Å². The minimum Gasteiger partial charge on any atom is -0.388 e. The van der Waals surface area contributed by atoms with Crippen LogP contribution in [0.2, 0.25) is 0 Å². The number of amidine groups is 1. The molecule has 3 nitrogen and oxygen atoms in total. The standard InChI is InChI=1S/C9H18N2O/c10-9(11)5-6-12-7-8-3-1-2-4-8/h8H,1-7H2,(H3,10,11). The highest BCUT2D eigenvalue weighted by molar-refractivity contribution is 5.76. The Labute approximate surface area is 73.8 Å². The molecule has 0 atom stereocenters. The number of nitrogens with two attached hydrogens (primary N) is 1. The average molecular weight is 170 g/mol. The molecule has 0 aromatic carbocycles. The SMILES string of the molecule is N=C(N)CCOCC1CCCC1. The number of nitrogens with one attached hydrogen (secondary N) is 1. The molecule has 0 aromatic heterocycles. The predicted octanol–water partition coefficient (Wildman–Crippen LogP) is 1.52. The van der Waals surface area contributed by atoms with Crippen molar-refractivity contribution in [3.8, 4) is 0 Å². The molecule has 0 unspecified atom stereocenters. The highest BCUT2D eigenvalue weighted by Gasteiger charge is 2.14. The molecule has 1 aliphatic carbocycles. The van der Waals surface area contributed by atoms with E-state index in [0.717, 1.165) is 12.5 Å². The van der Waals surface area contributed by atoms with Crippen LogP contribution in [0.15, 0.2) is 0 Å². The molecule has 0 amide bonds. The summed E-state index contributed by atoms with van der Waals surface area (Å²) in [6.07, 6.45) is 5.94. The van der Waals surface area contributed by atoms with E-state index in [0.29, 0.717) is 13.0 Å². The van der Waals surface area contributed by atoms with E-state index in [-0.39, 0.29) is 5.84 Å². The van der Waals surface area contributed by atoms with Crippen molar-refractivity contribution in [3.05, 3.63) is 0 Å². The smallest absolute Gasteiger partial charge is 0.0928 e. The van der Waals surface area contributed by atoms with E-state index in [1.165, 1.54) is 25.7 Å². The summed E-state index contributed by atoms with van der Waals surface area (Å²) in [6, 6.07) is 0. The Kier molecular flexibility index (Phi) is 4.08. The summed E-state index contributed by atoms with van der Waals surface area (Å²) in [6.45, 7) is 1.49. The second-order valence-corrected chi connectivity index (χ2v) is 3.50. The lowest BCUT2D eigenvalue weighted by molar-refractivity contribution is 0.107. The Hall–Kier alpha value is -0.570. The zero-order valence-corrected chi connectivity index (χ0v) is 7.51. The van der Waals surface area contributed by atoms with E-state index in [9.17, 15) is 0 Å². The first kappa shape index (κ1) is 9.52. The fourth-order valence-electron chi connectivity index (χ4n) is 1.61. The second-order valence-electron chi connectivity index (χ2n) is 3.50. The molecule has 0 saturated heterocycles. The lowest BCUT2D eigenvalue weighted by Gasteiger charge is -2.08. The van der Waals surface area contributed by atoms with Gasteiger partial charge in [-0.3, -0.25) is 5.41 Å². The van der Waals surface area contributed by atoms with Gasteiger partial charge in [0, 0.05) is 13.0 Å². The van der Waals surface area contributed by atoms with Crippen LogP contribution in [-0.4, -0.2) is 19.0 Å². The lowest BCUT2D eigenvalue weighted by Crippen LogP contribution is -2.14. The van der Waals surface area contributed by atoms with E-state index >= 15 is 0 Å². The maximum atomic E-state index is 6.98. The molecule has 0 radical (unpaired) electrons. The maximum Gasteiger partial charge on any atom is 0.0928 e. The summed E-state index contributed by atoms with van der Waals surface area (Å²) in [4.78, 5) is 0. The zero-order valence-electron chi connectivity index (χ0n) is 7.51. The van der Waals surface area contributed by atoms with Crippen LogP contribution in [0.3, 0.4) is 0 Å². The van der Waals surface area contributed by atoms with Crippen molar-refractivity contribution in [1.29, 1.82) is 5.41 Å². The second kappa shape index (κ2) is 5.14. The summed E-state index contributed by atoms with van der Waals surface area (Å²) >= 11 is 0. The molecule has 70 valence electrons. The molecule has 0 bridgehead atoms. The molecule has 0 aliphatic heterocycles. The molecular weight excluding hydrogens is 152 g/mol. The normalized spacial score (nSPS) is 18.3. The Morgan fingerprint density at radius 3 is 2.67 bits per heavy atom. The minimum absolute atomic E-state index is 0.224. The fourth-order valence-corrected chi connectivity index (χ4v) is 1.61. The predicted molar refractivity (Wildman–Crippen MR) is 49.3 cm³/mol. The van der Waals surface area contributed by atoms with Crippen LogP contribution >= 0.6 is 0 Å². The van der Waals surface area contributed by atoms with Gasteiger partial charge in [0.2, 0.25) is 0 Å². The molecular formula is C9H18N2O. The molecule has 0 spiro atoms. The number of hydrogen-bond donors (Lipinski definition) is 2. The van der Waals surface area contributed by atoms with E-state index in [1.54, 1.807) is 0 Å². The first-order valence-corrected chi connectivity index (χ1v) is 4.69. The van der Waals surface area contributed by atoms with Gasteiger partial charge in [-0.25, -0.2) is 0 Å². The van der Waals surface area contributed by atoms with Crippen molar-refractivity contribution in [1.82, 2.24) is 0 Å². The van der Waals surface area contributed by atoms with Gasteiger partial charge in [-0.15, -0.1) is 0 Å². The molecule has 1 rings (SSSR count). The summed E-state index contributed by atoms with van der Waals surface area (Å²) in [5.74, 6) is 0.999. The summed E-state index contributed by atoms with van der Waals surface area (Å²) in [5.41, 5.74) is 5.19. The summed E-state index contributed by atoms with van der Waals surface area (Å²) in [5, 5.41) is 6.98. The summed E-state index contributed by atoms with van der Waals surface area (Å²) < 4.78 is 5.41. The highest BCUT2D eigenvalue weighted by atomic mass is 16.5. The van der Waals surface area contributed by atoms with Crippen LogP contribution in [0, 0.1) is 11.3 Å². The van der Waals surface area contributed by atoms with Crippen LogP contribution in [0.1, 0.15) is 32.1 Å². The van der Waals surface area contributed by atoms with E-state index in [1.807, 2.05) is 0 Å². The van der Waals surface area contributed by atoms with Gasteiger partial charge in [0.15, 0.2) is 0 Å². The van der Waals surface area contributed by atoms with Crippen LogP contribution in [0.4, 0.5) is 0 Å². The largest absolute Gasteiger partial charge is 0.388 e. The third kappa shape index (κ3) is 3.72. The Morgan fingerprint density at radius 1 is 1.42 bits per heavy atom. The molecule has 1 saturated carbocycles. The number of rotatable bonds is 5. The highest BCUT2D eigenvalue weighted by Crippen LogP contribution is 2.24. The molecule has 1 fully saturated rings. The van der Waals surface area contributed by atoms with Gasteiger partial charge >= 0.3 is 0 Å². The zero-order chi connectivity index (χ0) is 8.81. The molecule has 3 N–H and O–H groups in total. The van der Waals surface area contributed by atoms with Gasteiger partial charge in [-0.1, -0.05) is 12.8 Å². The van der Waals surface area contributed by atoms with Crippen molar-refractivity contribution in [2.45, 2.75) is 32.1 Å². The lowest BCUT2D eigenvalue weighted by atomic mass is 10.1. The number of ether oxygens (including phenoxy) is 1. The molecule has 12 heavy (non-hydrogen) atoms. The van der Waals surface area contributed by atoms with Crippen LogP contribution < -0.4 is 5.73 Å². The Bertz CT molecular complexity index is 141. The quantitative estimate of drug-likeness (QED) is 0.373.